The maximum absolute atomic E-state index is 4.64. The Kier molecular flexibility index (Phi) is 8.86. The summed E-state index contributed by atoms with van der Waals surface area (Å²) in [5, 5.41) is 0. The molecule has 0 saturated heterocycles. The maximum Gasteiger partial charge on any atom is 0.00737 e. The van der Waals surface area contributed by atoms with E-state index < -0.39 is 0 Å². The van der Waals surface area contributed by atoms with Crippen molar-refractivity contribution in [1.29, 1.82) is 0 Å². The van der Waals surface area contributed by atoms with Gasteiger partial charge in [-0.15, -0.1) is 0 Å². The molecule has 43 heavy (non-hydrogen) atoms. The van der Waals surface area contributed by atoms with Gasteiger partial charge < -0.3 is 0 Å². The minimum absolute atomic E-state index is 0.504. The van der Waals surface area contributed by atoms with E-state index in [1.54, 1.807) is 16.7 Å². The van der Waals surface area contributed by atoms with Crippen LogP contribution < -0.4 is 0 Å². The first kappa shape index (κ1) is 30.2. The highest BCUT2D eigenvalue weighted by Gasteiger charge is 2.33. The van der Waals surface area contributed by atoms with E-state index in [9.17, 15) is 0 Å². The number of rotatable bonds is 7. The third-order valence-electron chi connectivity index (χ3n) is 12.0. The Hall–Kier alpha value is -2.86. The fraction of sp³-hybridized carbons (Fsp3) is 0.488. The maximum atomic E-state index is 4.64. The molecular formula is C43H54. The zero-order chi connectivity index (χ0) is 30.2. The van der Waals surface area contributed by atoms with Gasteiger partial charge in [0.1, 0.15) is 0 Å². The summed E-state index contributed by atoms with van der Waals surface area (Å²) in [4.78, 5) is 0. The van der Waals surface area contributed by atoms with Gasteiger partial charge in [-0.25, -0.2) is 0 Å². The van der Waals surface area contributed by atoms with Gasteiger partial charge in [0.05, 0.1) is 0 Å². The molecule has 6 unspecified atom stereocenters. The minimum Gasteiger partial charge on any atom is -0.0993 e. The lowest BCUT2D eigenvalue weighted by atomic mass is 9.67. The summed E-state index contributed by atoms with van der Waals surface area (Å²) in [5.41, 5.74) is 16.4. The lowest BCUT2D eigenvalue weighted by Gasteiger charge is -2.37. The van der Waals surface area contributed by atoms with E-state index >= 15 is 0 Å². The molecule has 0 nitrogen and oxygen atoms in total. The van der Waals surface area contributed by atoms with Crippen molar-refractivity contribution in [3.63, 3.8) is 0 Å². The van der Waals surface area contributed by atoms with Crippen LogP contribution in [-0.2, 0) is 12.8 Å². The van der Waals surface area contributed by atoms with Crippen LogP contribution in [0.4, 0.5) is 0 Å². The molecule has 0 N–H and O–H groups in total. The molecular weight excluding hydrogens is 516 g/mol. The van der Waals surface area contributed by atoms with Gasteiger partial charge in [0, 0.05) is 5.92 Å². The third kappa shape index (κ3) is 6.22. The highest BCUT2D eigenvalue weighted by Crippen LogP contribution is 2.46. The molecule has 0 heteroatoms. The minimum atomic E-state index is 0.504. The highest BCUT2D eigenvalue weighted by atomic mass is 14.4. The van der Waals surface area contributed by atoms with E-state index in [0.29, 0.717) is 35.5 Å². The molecule has 6 atom stereocenters. The summed E-state index contributed by atoms with van der Waals surface area (Å²) in [6.07, 6.45) is 16.0. The molecule has 4 aliphatic rings. The summed E-state index contributed by atoms with van der Waals surface area (Å²) in [7, 11) is 0. The summed E-state index contributed by atoms with van der Waals surface area (Å²) < 4.78 is 0. The molecule has 0 radical (unpaired) electrons. The zero-order valence-electron chi connectivity index (χ0n) is 27.5. The van der Waals surface area contributed by atoms with Crippen molar-refractivity contribution in [3.8, 4) is 0 Å². The van der Waals surface area contributed by atoms with Gasteiger partial charge in [0.25, 0.3) is 0 Å². The Morgan fingerprint density at radius 3 is 2.40 bits per heavy atom. The van der Waals surface area contributed by atoms with Crippen LogP contribution in [0.5, 0.6) is 0 Å². The SMILES string of the molecule is C=C(Cc1cccc(C2CC(C)C(=C)C(Cc3ccc(C4C(=C)C(C)CCC4C)cc3)C2)c1C)C1=CC2=C(CCCC2)C1. The van der Waals surface area contributed by atoms with Crippen LogP contribution in [0.25, 0.3) is 0 Å². The molecule has 2 fully saturated rings. The second-order valence-corrected chi connectivity index (χ2v) is 14.9. The van der Waals surface area contributed by atoms with Crippen molar-refractivity contribution in [2.75, 3.05) is 0 Å². The standard InChI is InChI=1S/C43H54/c1-27-15-16-28(2)43(32(27)6)35-19-17-34(18-20-35)23-40-26-41(21-29(3)31(40)5)42-14-10-13-36(33(42)7)22-30(4)39-24-37-11-8-9-12-38(37)25-39/h10,13-14,17-20,24,27-29,40-41,43H,4-6,8-9,11-12,15-16,21-23,25-26H2,1-3,7H3. The predicted octanol–water partition coefficient (Wildman–Crippen LogP) is 11.9. The molecule has 0 aliphatic heterocycles. The molecule has 226 valence electrons. The molecule has 6 rings (SSSR count). The summed E-state index contributed by atoms with van der Waals surface area (Å²) in [6.45, 7) is 23.3. The lowest BCUT2D eigenvalue weighted by molar-refractivity contribution is 0.340. The summed E-state index contributed by atoms with van der Waals surface area (Å²) in [5.74, 6) is 3.49. The summed E-state index contributed by atoms with van der Waals surface area (Å²) >= 11 is 0. The normalized spacial score (nSPS) is 29.4. The van der Waals surface area contributed by atoms with E-state index in [2.05, 4.69) is 96.0 Å². The van der Waals surface area contributed by atoms with Gasteiger partial charge in [-0.05, 0) is 152 Å². The van der Waals surface area contributed by atoms with Gasteiger partial charge >= 0.3 is 0 Å². The Morgan fingerprint density at radius 1 is 0.860 bits per heavy atom. The Bertz CT molecular complexity index is 1460. The van der Waals surface area contributed by atoms with Gasteiger partial charge in [-0.3, -0.25) is 0 Å². The molecule has 2 saturated carbocycles. The van der Waals surface area contributed by atoms with Gasteiger partial charge in [-0.2, -0.15) is 0 Å². The molecule has 0 spiro atoms. The zero-order valence-corrected chi connectivity index (χ0v) is 27.5. The number of allylic oxidation sites excluding steroid dienone is 7. The quantitative estimate of drug-likeness (QED) is 0.290. The number of benzene rings is 2. The topological polar surface area (TPSA) is 0 Å². The second kappa shape index (κ2) is 12.6. The number of hydrogen-bond acceptors (Lipinski definition) is 0. The molecule has 0 heterocycles. The molecule has 0 aromatic heterocycles. The van der Waals surface area contributed by atoms with Crippen LogP contribution in [0.2, 0.25) is 0 Å². The van der Waals surface area contributed by atoms with Crippen LogP contribution in [0.1, 0.15) is 118 Å². The van der Waals surface area contributed by atoms with Gasteiger partial charge in [0.15, 0.2) is 0 Å². The van der Waals surface area contributed by atoms with Crippen LogP contribution in [0.3, 0.4) is 0 Å². The first-order valence-electron chi connectivity index (χ1n) is 17.3. The Balaban J connectivity index is 1.14. The average Bonchev–Trinajstić information content (AvgIpc) is 3.44. The third-order valence-corrected chi connectivity index (χ3v) is 12.0. The van der Waals surface area contributed by atoms with E-state index in [-0.39, 0.29) is 0 Å². The predicted molar refractivity (Wildman–Crippen MR) is 186 cm³/mol. The van der Waals surface area contributed by atoms with Crippen molar-refractivity contribution in [1.82, 2.24) is 0 Å². The fourth-order valence-electron chi connectivity index (χ4n) is 9.03. The average molecular weight is 571 g/mol. The van der Waals surface area contributed by atoms with Crippen LogP contribution >= 0.6 is 0 Å². The summed E-state index contributed by atoms with van der Waals surface area (Å²) in [6, 6.07) is 16.7. The molecule has 2 aromatic rings. The van der Waals surface area contributed by atoms with Crippen molar-refractivity contribution < 1.29 is 0 Å². The van der Waals surface area contributed by atoms with E-state index in [1.807, 2.05) is 0 Å². The smallest absolute Gasteiger partial charge is 0.00737 e. The second-order valence-electron chi connectivity index (χ2n) is 14.9. The lowest BCUT2D eigenvalue weighted by Crippen LogP contribution is -2.25. The van der Waals surface area contributed by atoms with E-state index in [0.717, 1.165) is 19.3 Å². The first-order chi connectivity index (χ1) is 20.7. The monoisotopic (exact) mass is 570 g/mol. The van der Waals surface area contributed by atoms with E-state index in [1.165, 1.54) is 95.9 Å². The van der Waals surface area contributed by atoms with Crippen molar-refractivity contribution in [3.05, 3.63) is 130 Å². The van der Waals surface area contributed by atoms with Gasteiger partial charge in [0.2, 0.25) is 0 Å². The van der Waals surface area contributed by atoms with E-state index in [4.69, 9.17) is 0 Å². The van der Waals surface area contributed by atoms with Crippen molar-refractivity contribution in [2.45, 2.75) is 110 Å². The molecule has 4 aliphatic carbocycles. The number of hydrogen-bond donors (Lipinski definition) is 0. The Morgan fingerprint density at radius 2 is 1.63 bits per heavy atom. The van der Waals surface area contributed by atoms with Crippen molar-refractivity contribution in [2.24, 2.45) is 23.7 Å². The molecule has 2 aromatic carbocycles. The Labute approximate surface area is 262 Å². The van der Waals surface area contributed by atoms with Crippen molar-refractivity contribution >= 4 is 0 Å². The van der Waals surface area contributed by atoms with Crippen LogP contribution in [0, 0.1) is 30.6 Å². The van der Waals surface area contributed by atoms with Crippen LogP contribution in [-0.4, -0.2) is 0 Å². The van der Waals surface area contributed by atoms with Gasteiger partial charge in [-0.1, -0.05) is 106 Å². The molecule has 0 bridgehead atoms. The fourth-order valence-corrected chi connectivity index (χ4v) is 9.03. The van der Waals surface area contributed by atoms with Crippen LogP contribution in [0.15, 0.2) is 102 Å². The molecule has 0 amide bonds. The highest BCUT2D eigenvalue weighted by molar-refractivity contribution is 5.50. The largest absolute Gasteiger partial charge is 0.0993 e. The first-order valence-corrected chi connectivity index (χ1v) is 17.3.